The summed E-state index contributed by atoms with van der Waals surface area (Å²) in [5, 5.41) is 14.4. The van der Waals surface area contributed by atoms with Gasteiger partial charge >= 0.3 is 6.03 Å². The topological polar surface area (TPSA) is 132 Å². The molecule has 12 heteroatoms. The smallest absolute Gasteiger partial charge is 0.323 e. The van der Waals surface area contributed by atoms with E-state index in [9.17, 15) is 9.59 Å². The van der Waals surface area contributed by atoms with Crippen molar-refractivity contribution < 1.29 is 4.79 Å². The molecule has 4 heterocycles. The predicted molar refractivity (Wildman–Crippen MR) is 173 cm³/mol. The van der Waals surface area contributed by atoms with Crippen molar-refractivity contribution in [1.82, 2.24) is 29.3 Å². The molecule has 0 aliphatic rings. The number of anilines is 3. The molecule has 0 aliphatic carbocycles. The number of rotatable bonds is 5. The molecule has 0 fully saturated rings. The molecule has 218 valence electrons. The largest absolute Gasteiger partial charge is 0.357 e. The normalized spacial score (nSPS) is 11.7. The first-order valence-corrected chi connectivity index (χ1v) is 14.6. The predicted octanol–water partition coefficient (Wildman–Crippen LogP) is 6.22. The van der Waals surface area contributed by atoms with E-state index in [1.54, 1.807) is 43.8 Å². The Hall–Kier alpha value is -5.10. The van der Waals surface area contributed by atoms with Crippen molar-refractivity contribution >= 4 is 55.9 Å². The van der Waals surface area contributed by atoms with Crippen LogP contribution in [-0.2, 0) is 12.6 Å². The van der Waals surface area contributed by atoms with Gasteiger partial charge in [-0.25, -0.2) is 14.8 Å². The molecular formula is C31H31N9O2S. The van der Waals surface area contributed by atoms with E-state index in [4.69, 9.17) is 5.10 Å². The van der Waals surface area contributed by atoms with Crippen LogP contribution in [0, 0.1) is 6.92 Å². The molecule has 0 spiro atoms. The maximum Gasteiger partial charge on any atom is 0.323 e. The molecule has 0 atom stereocenters. The SMILES string of the molecule is CNc1ncc2cc(-c3cc(NC(=O)Nc4cn(C(C)(C)C)nc4-c4ccc5scnc5c4)ccc3C)c(=O)n(C)c2n1. The van der Waals surface area contributed by atoms with Crippen LogP contribution in [0.1, 0.15) is 26.3 Å². The summed E-state index contributed by atoms with van der Waals surface area (Å²) < 4.78 is 4.43. The summed E-state index contributed by atoms with van der Waals surface area (Å²) in [6, 6.07) is 12.8. The van der Waals surface area contributed by atoms with Gasteiger partial charge in [0.1, 0.15) is 11.3 Å². The lowest BCUT2D eigenvalue weighted by Gasteiger charge is -2.18. The second-order valence-corrected chi connectivity index (χ2v) is 12.2. The fourth-order valence-corrected chi connectivity index (χ4v) is 5.52. The highest BCUT2D eigenvalue weighted by molar-refractivity contribution is 7.16. The number of benzene rings is 2. The summed E-state index contributed by atoms with van der Waals surface area (Å²) in [7, 11) is 3.41. The number of hydrogen-bond acceptors (Lipinski definition) is 8. The van der Waals surface area contributed by atoms with Gasteiger partial charge < -0.3 is 16.0 Å². The second kappa shape index (κ2) is 10.6. The van der Waals surface area contributed by atoms with Crippen molar-refractivity contribution in [3.05, 3.63) is 76.3 Å². The van der Waals surface area contributed by atoms with Crippen molar-refractivity contribution in [3.63, 3.8) is 0 Å². The number of aromatic nitrogens is 6. The van der Waals surface area contributed by atoms with E-state index in [1.165, 1.54) is 4.57 Å². The quantitative estimate of drug-likeness (QED) is 0.216. The molecule has 43 heavy (non-hydrogen) atoms. The van der Waals surface area contributed by atoms with Crippen LogP contribution in [0.3, 0.4) is 0 Å². The summed E-state index contributed by atoms with van der Waals surface area (Å²) >= 11 is 1.57. The number of nitrogens with one attached hydrogen (secondary N) is 3. The van der Waals surface area contributed by atoms with Gasteiger partial charge in [0.05, 0.1) is 27.0 Å². The summed E-state index contributed by atoms with van der Waals surface area (Å²) in [5.41, 5.74) is 7.41. The zero-order valence-electron chi connectivity index (χ0n) is 24.7. The highest BCUT2D eigenvalue weighted by atomic mass is 32.1. The first kappa shape index (κ1) is 28.0. The van der Waals surface area contributed by atoms with Gasteiger partial charge in [-0.15, -0.1) is 11.3 Å². The van der Waals surface area contributed by atoms with Gasteiger partial charge in [-0.3, -0.25) is 14.0 Å². The monoisotopic (exact) mass is 593 g/mol. The minimum Gasteiger partial charge on any atom is -0.357 e. The molecule has 0 bridgehead atoms. The minimum absolute atomic E-state index is 0.200. The van der Waals surface area contributed by atoms with E-state index in [0.717, 1.165) is 26.7 Å². The van der Waals surface area contributed by atoms with E-state index >= 15 is 0 Å². The summed E-state index contributed by atoms with van der Waals surface area (Å²) in [6.07, 6.45) is 3.52. The summed E-state index contributed by atoms with van der Waals surface area (Å²) in [6.45, 7) is 8.07. The van der Waals surface area contributed by atoms with Crippen LogP contribution >= 0.6 is 11.3 Å². The van der Waals surface area contributed by atoms with Gasteiger partial charge in [0, 0.05) is 48.7 Å². The Labute approximate surface area is 251 Å². The van der Waals surface area contributed by atoms with E-state index in [-0.39, 0.29) is 11.1 Å². The van der Waals surface area contributed by atoms with Crippen LogP contribution < -0.4 is 21.5 Å². The average molecular weight is 594 g/mol. The molecule has 0 radical (unpaired) electrons. The van der Waals surface area contributed by atoms with Gasteiger partial charge in [0.25, 0.3) is 5.56 Å². The van der Waals surface area contributed by atoms with Crippen LogP contribution in [0.15, 0.2) is 65.2 Å². The highest BCUT2D eigenvalue weighted by Gasteiger charge is 2.21. The minimum atomic E-state index is -0.432. The maximum absolute atomic E-state index is 13.4. The Bertz CT molecular complexity index is 2090. The third-order valence-electron chi connectivity index (χ3n) is 7.21. The highest BCUT2D eigenvalue weighted by Crippen LogP contribution is 2.32. The van der Waals surface area contributed by atoms with Crippen LogP contribution in [0.2, 0.25) is 0 Å². The van der Waals surface area contributed by atoms with Crippen molar-refractivity contribution in [3.8, 4) is 22.4 Å². The van der Waals surface area contributed by atoms with Crippen molar-refractivity contribution in [1.29, 1.82) is 0 Å². The Morgan fingerprint density at radius 1 is 1.00 bits per heavy atom. The number of carbonyl (C=O) groups is 1. The summed E-state index contributed by atoms with van der Waals surface area (Å²) in [4.78, 5) is 39.9. The lowest BCUT2D eigenvalue weighted by atomic mass is 10.00. The Balaban J connectivity index is 1.32. The number of thiazole rings is 1. The Kier molecular flexibility index (Phi) is 6.93. The van der Waals surface area contributed by atoms with Crippen molar-refractivity contribution in [2.75, 3.05) is 23.0 Å². The lowest BCUT2D eigenvalue weighted by molar-refractivity contribution is 0.262. The molecule has 4 aromatic heterocycles. The van der Waals surface area contributed by atoms with Crippen LogP contribution in [0.5, 0.6) is 0 Å². The fraction of sp³-hybridized carbons (Fsp3) is 0.226. The number of aryl methyl sites for hydroxylation is 2. The molecule has 0 unspecified atom stereocenters. The number of amides is 2. The number of pyridine rings is 1. The third-order valence-corrected chi connectivity index (χ3v) is 8.02. The van der Waals surface area contributed by atoms with Crippen LogP contribution in [-0.4, -0.2) is 42.4 Å². The number of urea groups is 1. The number of nitrogens with zero attached hydrogens (tertiary/aromatic N) is 6. The van der Waals surface area contributed by atoms with E-state index in [2.05, 4.69) is 30.9 Å². The van der Waals surface area contributed by atoms with E-state index in [0.29, 0.717) is 39.8 Å². The third kappa shape index (κ3) is 5.32. The molecule has 11 nitrogen and oxygen atoms in total. The van der Waals surface area contributed by atoms with E-state index in [1.807, 2.05) is 74.4 Å². The molecule has 0 aliphatic heterocycles. The first-order valence-electron chi connectivity index (χ1n) is 13.7. The molecule has 3 N–H and O–H groups in total. The van der Waals surface area contributed by atoms with Gasteiger partial charge in [-0.1, -0.05) is 12.1 Å². The molecule has 0 saturated heterocycles. The molecule has 2 aromatic carbocycles. The first-order chi connectivity index (χ1) is 20.5. The Morgan fingerprint density at radius 2 is 1.81 bits per heavy atom. The summed E-state index contributed by atoms with van der Waals surface area (Å²) in [5.74, 6) is 0.434. The molecule has 6 rings (SSSR count). The van der Waals surface area contributed by atoms with Crippen molar-refractivity contribution in [2.45, 2.75) is 33.2 Å². The van der Waals surface area contributed by atoms with Gasteiger partial charge in [-0.05, 0) is 69.2 Å². The van der Waals surface area contributed by atoms with Gasteiger partial charge in [-0.2, -0.15) is 10.1 Å². The zero-order chi connectivity index (χ0) is 30.5. The molecule has 2 amide bonds. The average Bonchev–Trinajstić information content (AvgIpc) is 3.62. The zero-order valence-corrected chi connectivity index (χ0v) is 25.5. The second-order valence-electron chi connectivity index (χ2n) is 11.3. The van der Waals surface area contributed by atoms with E-state index < -0.39 is 6.03 Å². The van der Waals surface area contributed by atoms with Gasteiger partial charge in [0.2, 0.25) is 5.95 Å². The van der Waals surface area contributed by atoms with Gasteiger partial charge in [0.15, 0.2) is 0 Å². The molecule has 0 saturated carbocycles. The lowest BCUT2D eigenvalue weighted by Crippen LogP contribution is -2.22. The van der Waals surface area contributed by atoms with Crippen LogP contribution in [0.4, 0.5) is 22.1 Å². The number of carbonyl (C=O) groups excluding carboxylic acids is 1. The Morgan fingerprint density at radius 3 is 2.58 bits per heavy atom. The molecule has 6 aromatic rings. The number of fused-ring (bicyclic) bond motifs is 2. The standard InChI is InChI=1S/C31H31N9O2S/c1-17-7-9-20(13-21(17)22-11-19-14-33-29(32-5)37-27(19)39(6)28(22)41)35-30(42)36-24-15-40(31(2,3)4)38-26(24)18-8-10-25-23(12-18)34-16-43-25/h7-16H,1-6H3,(H,32,33,37)(H2,35,36,42). The fourth-order valence-electron chi connectivity index (χ4n) is 4.86. The maximum atomic E-state index is 13.4. The van der Waals surface area contributed by atoms with Crippen molar-refractivity contribution in [2.24, 2.45) is 7.05 Å². The van der Waals surface area contributed by atoms with Crippen LogP contribution in [0.25, 0.3) is 43.6 Å². The molecular weight excluding hydrogens is 562 g/mol. The number of hydrogen-bond donors (Lipinski definition) is 3.